The Hall–Kier alpha value is -2.18. The van der Waals surface area contributed by atoms with Gasteiger partial charge in [0.05, 0.1) is 12.0 Å². The van der Waals surface area contributed by atoms with Crippen LogP contribution < -0.4 is 10.2 Å². The second-order valence-electron chi connectivity index (χ2n) is 8.61. The van der Waals surface area contributed by atoms with Crippen molar-refractivity contribution in [3.8, 4) is 0 Å². The molecule has 0 saturated heterocycles. The summed E-state index contributed by atoms with van der Waals surface area (Å²) < 4.78 is 0. The number of hydrogen-bond acceptors (Lipinski definition) is 4. The molecule has 3 unspecified atom stereocenters. The molecule has 1 aliphatic heterocycles. The third-order valence-electron chi connectivity index (χ3n) is 6.54. The molecule has 2 aromatic rings. The number of anilines is 1. The second kappa shape index (κ2) is 9.31. The first-order valence-corrected chi connectivity index (χ1v) is 11.8. The van der Waals surface area contributed by atoms with Gasteiger partial charge >= 0.3 is 0 Å². The summed E-state index contributed by atoms with van der Waals surface area (Å²) in [6.07, 6.45) is 4.53. The van der Waals surface area contributed by atoms with Gasteiger partial charge in [0, 0.05) is 29.6 Å². The van der Waals surface area contributed by atoms with Gasteiger partial charge in [0.15, 0.2) is 0 Å². The molecule has 1 aliphatic carbocycles. The maximum Gasteiger partial charge on any atom is 0.230 e. The van der Waals surface area contributed by atoms with Gasteiger partial charge in [-0.2, -0.15) is 0 Å². The quantitative estimate of drug-likeness (QED) is 0.765. The molecule has 0 bridgehead atoms. The highest BCUT2D eigenvalue weighted by atomic mass is 32.1. The predicted octanol–water partition coefficient (Wildman–Crippen LogP) is 3.86. The monoisotopic (exact) mass is 425 g/mol. The van der Waals surface area contributed by atoms with E-state index in [1.54, 1.807) is 11.3 Å². The van der Waals surface area contributed by atoms with Crippen LogP contribution in [0.1, 0.15) is 42.2 Å². The largest absolute Gasteiger partial charge is 0.354 e. The number of amides is 2. The van der Waals surface area contributed by atoms with Gasteiger partial charge in [0.25, 0.3) is 0 Å². The maximum absolute atomic E-state index is 13.5. The molecular weight excluding hydrogens is 394 g/mol. The van der Waals surface area contributed by atoms with Crippen molar-refractivity contribution >= 4 is 28.8 Å². The Balaban J connectivity index is 1.44. The van der Waals surface area contributed by atoms with Gasteiger partial charge in [0.2, 0.25) is 11.8 Å². The normalized spacial score (nSPS) is 22.0. The van der Waals surface area contributed by atoms with Crippen molar-refractivity contribution in [2.75, 3.05) is 32.1 Å². The zero-order valence-corrected chi connectivity index (χ0v) is 18.7. The van der Waals surface area contributed by atoms with E-state index >= 15 is 0 Å². The minimum Gasteiger partial charge on any atom is -0.354 e. The van der Waals surface area contributed by atoms with Gasteiger partial charge in [0.1, 0.15) is 0 Å². The molecule has 0 radical (unpaired) electrons. The molecule has 1 saturated carbocycles. The summed E-state index contributed by atoms with van der Waals surface area (Å²) in [5.41, 5.74) is 2.25. The zero-order valence-electron chi connectivity index (χ0n) is 17.8. The second-order valence-corrected chi connectivity index (χ2v) is 9.59. The van der Waals surface area contributed by atoms with E-state index in [0.29, 0.717) is 6.54 Å². The number of nitrogens with zero attached hydrogens (tertiary/aromatic N) is 2. The molecule has 2 heterocycles. The van der Waals surface area contributed by atoms with Crippen LogP contribution >= 0.6 is 11.3 Å². The molecule has 2 aliphatic rings. The lowest BCUT2D eigenvalue weighted by Crippen LogP contribution is -2.46. The molecule has 6 heteroatoms. The highest BCUT2D eigenvalue weighted by Gasteiger charge is 2.39. The van der Waals surface area contributed by atoms with E-state index in [-0.39, 0.29) is 29.7 Å². The van der Waals surface area contributed by atoms with Crippen LogP contribution in [0.3, 0.4) is 0 Å². The van der Waals surface area contributed by atoms with Crippen LogP contribution in [0.5, 0.6) is 0 Å². The number of carbonyl (C=O) groups excluding carboxylic acids is 2. The van der Waals surface area contributed by atoms with Crippen molar-refractivity contribution in [1.29, 1.82) is 0 Å². The average molecular weight is 426 g/mol. The number of para-hydroxylation sites is 1. The Bertz CT molecular complexity index is 880. The molecule has 1 aromatic heterocycles. The fourth-order valence-electron chi connectivity index (χ4n) is 4.85. The first-order chi connectivity index (χ1) is 14.6. The highest BCUT2D eigenvalue weighted by Crippen LogP contribution is 2.36. The fraction of sp³-hybridized carbons (Fsp3) is 0.500. The van der Waals surface area contributed by atoms with Crippen LogP contribution in [0.2, 0.25) is 0 Å². The van der Waals surface area contributed by atoms with E-state index in [2.05, 4.69) is 27.7 Å². The van der Waals surface area contributed by atoms with Crippen molar-refractivity contribution in [3.63, 3.8) is 0 Å². The third-order valence-corrected chi connectivity index (χ3v) is 7.51. The number of benzene rings is 1. The number of fused-ring (bicyclic) bond motifs is 1. The lowest BCUT2D eigenvalue weighted by atomic mass is 9.77. The van der Waals surface area contributed by atoms with E-state index in [0.717, 1.165) is 44.3 Å². The minimum absolute atomic E-state index is 0.0314. The standard InChI is InChI=1S/C24H31N3O2S/c1-26(2)21(22-12-7-15-30-22)16-25-23(28)18-9-4-5-10-19(18)24(29)27-14-13-17-8-3-6-11-20(17)27/h3,6-8,11-12,15,18-19,21H,4-5,9-10,13-14,16H2,1-2H3,(H,25,28). The maximum atomic E-state index is 13.5. The summed E-state index contributed by atoms with van der Waals surface area (Å²) in [6.45, 7) is 1.29. The molecule has 2 amide bonds. The molecule has 1 fully saturated rings. The Morgan fingerprint density at radius 3 is 2.63 bits per heavy atom. The Morgan fingerprint density at radius 1 is 1.13 bits per heavy atom. The highest BCUT2D eigenvalue weighted by molar-refractivity contribution is 7.10. The number of hydrogen-bond donors (Lipinski definition) is 1. The summed E-state index contributed by atoms with van der Waals surface area (Å²) in [5, 5.41) is 5.24. The summed E-state index contributed by atoms with van der Waals surface area (Å²) in [4.78, 5) is 31.9. The van der Waals surface area contributed by atoms with Crippen molar-refractivity contribution in [2.45, 2.75) is 38.1 Å². The van der Waals surface area contributed by atoms with Crippen LogP contribution in [0, 0.1) is 11.8 Å². The Kier molecular flexibility index (Phi) is 6.54. The van der Waals surface area contributed by atoms with Crippen LogP contribution in [0.15, 0.2) is 41.8 Å². The van der Waals surface area contributed by atoms with Crippen molar-refractivity contribution < 1.29 is 9.59 Å². The van der Waals surface area contributed by atoms with Gasteiger partial charge in [-0.3, -0.25) is 9.59 Å². The molecular formula is C24H31N3O2S. The zero-order chi connectivity index (χ0) is 21.1. The predicted molar refractivity (Wildman–Crippen MR) is 122 cm³/mol. The Labute approximate surface area is 183 Å². The van der Waals surface area contributed by atoms with E-state index in [9.17, 15) is 9.59 Å². The van der Waals surface area contributed by atoms with Gasteiger partial charge < -0.3 is 15.1 Å². The topological polar surface area (TPSA) is 52.7 Å². The number of carbonyl (C=O) groups is 2. The number of thiophene rings is 1. The molecule has 4 rings (SSSR count). The summed E-state index contributed by atoms with van der Waals surface area (Å²) in [6, 6.07) is 12.4. The summed E-state index contributed by atoms with van der Waals surface area (Å²) in [7, 11) is 4.07. The summed E-state index contributed by atoms with van der Waals surface area (Å²) in [5.74, 6) is -0.291. The fourth-order valence-corrected chi connectivity index (χ4v) is 5.78. The van der Waals surface area contributed by atoms with Crippen molar-refractivity contribution in [2.24, 2.45) is 11.8 Å². The van der Waals surface area contributed by atoms with Crippen molar-refractivity contribution in [3.05, 3.63) is 52.2 Å². The molecule has 0 spiro atoms. The average Bonchev–Trinajstić information content (AvgIpc) is 3.43. The minimum atomic E-state index is -0.231. The van der Waals surface area contributed by atoms with Crippen molar-refractivity contribution in [1.82, 2.24) is 10.2 Å². The first kappa shape index (κ1) is 21.1. The van der Waals surface area contributed by atoms with Crippen LogP contribution in [0.25, 0.3) is 0 Å². The first-order valence-electron chi connectivity index (χ1n) is 10.9. The van der Waals surface area contributed by atoms with E-state index < -0.39 is 0 Å². The van der Waals surface area contributed by atoms with E-state index in [1.165, 1.54) is 10.4 Å². The molecule has 5 nitrogen and oxygen atoms in total. The lowest BCUT2D eigenvalue weighted by molar-refractivity contribution is -0.135. The van der Waals surface area contributed by atoms with Gasteiger partial charge in [-0.25, -0.2) is 0 Å². The van der Waals surface area contributed by atoms with Gasteiger partial charge in [-0.05, 0) is 56.4 Å². The van der Waals surface area contributed by atoms with E-state index in [1.807, 2.05) is 43.3 Å². The molecule has 160 valence electrons. The molecule has 1 N–H and O–H groups in total. The number of nitrogens with one attached hydrogen (secondary N) is 1. The van der Waals surface area contributed by atoms with Gasteiger partial charge in [-0.1, -0.05) is 37.1 Å². The third kappa shape index (κ3) is 4.30. The van der Waals surface area contributed by atoms with Crippen LogP contribution in [-0.4, -0.2) is 43.9 Å². The Morgan fingerprint density at radius 2 is 1.90 bits per heavy atom. The van der Waals surface area contributed by atoms with Crippen LogP contribution in [0.4, 0.5) is 5.69 Å². The molecule has 3 atom stereocenters. The number of likely N-dealkylation sites (N-methyl/N-ethyl adjacent to an activating group) is 1. The van der Waals surface area contributed by atoms with E-state index in [4.69, 9.17) is 0 Å². The SMILES string of the molecule is CN(C)C(CNC(=O)C1CCCCC1C(=O)N1CCc2ccccc21)c1cccs1. The lowest BCUT2D eigenvalue weighted by Gasteiger charge is -2.33. The van der Waals surface area contributed by atoms with Gasteiger partial charge in [-0.15, -0.1) is 11.3 Å². The number of rotatable bonds is 6. The smallest absolute Gasteiger partial charge is 0.230 e. The molecule has 1 aromatic carbocycles. The summed E-state index contributed by atoms with van der Waals surface area (Å²) >= 11 is 1.71. The molecule has 30 heavy (non-hydrogen) atoms. The van der Waals surface area contributed by atoms with Crippen LogP contribution in [-0.2, 0) is 16.0 Å².